The Hall–Kier alpha value is -1.44. The zero-order valence-electron chi connectivity index (χ0n) is 10.6. The topological polar surface area (TPSA) is 68.3 Å². The minimum Gasteiger partial charge on any atom is -0.493 e. The van der Waals surface area contributed by atoms with Gasteiger partial charge in [-0.25, -0.2) is 0 Å². The van der Waals surface area contributed by atoms with Crippen LogP contribution in [0.1, 0.15) is 18.9 Å². The van der Waals surface area contributed by atoms with Crippen LogP contribution in [-0.4, -0.2) is 19.8 Å². The van der Waals surface area contributed by atoms with Crippen molar-refractivity contribution in [3.8, 4) is 17.6 Å². The fourth-order valence-corrected chi connectivity index (χ4v) is 1.85. The lowest BCUT2D eigenvalue weighted by molar-refractivity contribution is 0.325. The summed E-state index contributed by atoms with van der Waals surface area (Å²) in [5.41, 5.74) is 6.80. The Morgan fingerprint density at radius 2 is 2.22 bits per heavy atom. The second kappa shape index (κ2) is 7.10. The van der Waals surface area contributed by atoms with Crippen LogP contribution < -0.4 is 15.2 Å². The largest absolute Gasteiger partial charge is 0.493 e. The minimum atomic E-state index is -0.0354. The zero-order valence-corrected chi connectivity index (χ0v) is 11.3. The van der Waals surface area contributed by atoms with Crippen molar-refractivity contribution < 1.29 is 9.47 Å². The normalized spacial score (nSPS) is 11.7. The molecule has 0 fully saturated rings. The Bertz CT molecular complexity index is 443. The first kappa shape index (κ1) is 14.6. The van der Waals surface area contributed by atoms with E-state index in [4.69, 9.17) is 32.1 Å². The molecule has 4 nitrogen and oxygen atoms in total. The van der Waals surface area contributed by atoms with E-state index in [9.17, 15) is 0 Å². The second-order valence-corrected chi connectivity index (χ2v) is 4.35. The fraction of sp³-hybridized carbons (Fsp3) is 0.462. The number of nitriles is 1. The number of methoxy groups -OCH3 is 1. The van der Waals surface area contributed by atoms with Gasteiger partial charge in [0.2, 0.25) is 0 Å². The number of rotatable bonds is 6. The second-order valence-electron chi connectivity index (χ2n) is 3.92. The van der Waals surface area contributed by atoms with E-state index in [0.717, 1.165) is 12.0 Å². The maximum Gasteiger partial charge on any atom is 0.174 e. The Kier molecular flexibility index (Phi) is 5.76. The minimum absolute atomic E-state index is 0.0256. The van der Waals surface area contributed by atoms with Gasteiger partial charge in [-0.3, -0.25) is 0 Å². The number of nitrogens with zero attached hydrogens (tertiary/aromatic N) is 1. The number of ether oxygens (including phenoxy) is 2. The SMILES string of the molecule is CCC(N)Cc1cc(Cl)cc(OC)c1OCC#N. The molecule has 0 amide bonds. The summed E-state index contributed by atoms with van der Waals surface area (Å²) in [4.78, 5) is 0. The van der Waals surface area contributed by atoms with E-state index in [0.29, 0.717) is 22.9 Å². The monoisotopic (exact) mass is 268 g/mol. The van der Waals surface area contributed by atoms with Crippen LogP contribution in [0.25, 0.3) is 0 Å². The van der Waals surface area contributed by atoms with E-state index in [1.807, 2.05) is 13.0 Å². The Morgan fingerprint density at radius 1 is 1.50 bits per heavy atom. The molecule has 1 aromatic rings. The van der Waals surface area contributed by atoms with Gasteiger partial charge in [0.15, 0.2) is 18.1 Å². The molecule has 0 aliphatic heterocycles. The highest BCUT2D eigenvalue weighted by atomic mass is 35.5. The first-order valence-corrected chi connectivity index (χ1v) is 6.11. The Balaban J connectivity index is 3.11. The molecule has 0 heterocycles. The molecular weight excluding hydrogens is 252 g/mol. The van der Waals surface area contributed by atoms with Crippen molar-refractivity contribution in [1.29, 1.82) is 5.26 Å². The third-order valence-electron chi connectivity index (χ3n) is 2.60. The average Bonchev–Trinajstić information content (AvgIpc) is 2.36. The molecule has 1 rings (SSSR count). The molecule has 0 radical (unpaired) electrons. The molecule has 0 saturated heterocycles. The van der Waals surface area contributed by atoms with E-state index in [1.54, 1.807) is 12.1 Å². The predicted octanol–water partition coefficient (Wildman–Crippen LogP) is 2.53. The maximum absolute atomic E-state index is 8.60. The van der Waals surface area contributed by atoms with Crippen molar-refractivity contribution in [3.05, 3.63) is 22.7 Å². The van der Waals surface area contributed by atoms with Gasteiger partial charge in [-0.05, 0) is 18.9 Å². The third-order valence-corrected chi connectivity index (χ3v) is 2.82. The molecule has 0 saturated carbocycles. The highest BCUT2D eigenvalue weighted by Gasteiger charge is 2.15. The van der Waals surface area contributed by atoms with E-state index >= 15 is 0 Å². The van der Waals surface area contributed by atoms with Crippen LogP contribution in [0.3, 0.4) is 0 Å². The van der Waals surface area contributed by atoms with E-state index in [1.165, 1.54) is 7.11 Å². The van der Waals surface area contributed by atoms with Gasteiger partial charge >= 0.3 is 0 Å². The van der Waals surface area contributed by atoms with Crippen LogP contribution in [0.15, 0.2) is 12.1 Å². The van der Waals surface area contributed by atoms with Crippen molar-refractivity contribution >= 4 is 11.6 Å². The average molecular weight is 269 g/mol. The van der Waals surface area contributed by atoms with E-state index < -0.39 is 0 Å². The molecule has 1 unspecified atom stereocenters. The van der Waals surface area contributed by atoms with Crippen LogP contribution in [0.5, 0.6) is 11.5 Å². The number of nitrogens with two attached hydrogens (primary N) is 1. The predicted molar refractivity (Wildman–Crippen MR) is 71.1 cm³/mol. The first-order valence-electron chi connectivity index (χ1n) is 5.74. The van der Waals surface area contributed by atoms with Crippen LogP contribution in [0.2, 0.25) is 5.02 Å². The number of hydrogen-bond acceptors (Lipinski definition) is 4. The summed E-state index contributed by atoms with van der Waals surface area (Å²) in [5, 5.41) is 9.16. The molecule has 0 spiro atoms. The molecule has 1 atom stereocenters. The number of benzene rings is 1. The summed E-state index contributed by atoms with van der Waals surface area (Å²) in [6, 6.07) is 5.42. The summed E-state index contributed by atoms with van der Waals surface area (Å²) >= 11 is 6.02. The maximum atomic E-state index is 8.60. The van der Waals surface area contributed by atoms with Crippen molar-refractivity contribution in [1.82, 2.24) is 0 Å². The molecule has 1 aromatic carbocycles. The molecule has 0 aliphatic rings. The molecule has 98 valence electrons. The summed E-state index contributed by atoms with van der Waals surface area (Å²) in [6.07, 6.45) is 1.49. The number of halogens is 1. The van der Waals surface area contributed by atoms with E-state index in [2.05, 4.69) is 0 Å². The van der Waals surface area contributed by atoms with Gasteiger partial charge < -0.3 is 15.2 Å². The first-order chi connectivity index (χ1) is 8.62. The summed E-state index contributed by atoms with van der Waals surface area (Å²) < 4.78 is 10.6. The van der Waals surface area contributed by atoms with Crippen molar-refractivity contribution in [2.24, 2.45) is 5.73 Å². The number of hydrogen-bond donors (Lipinski definition) is 1. The Labute approximate surface area is 112 Å². The van der Waals surface area contributed by atoms with Crippen LogP contribution in [0.4, 0.5) is 0 Å². The smallest absolute Gasteiger partial charge is 0.174 e. The van der Waals surface area contributed by atoms with Gasteiger partial charge in [0.1, 0.15) is 6.07 Å². The molecule has 18 heavy (non-hydrogen) atoms. The van der Waals surface area contributed by atoms with Crippen molar-refractivity contribution in [2.75, 3.05) is 13.7 Å². The highest BCUT2D eigenvalue weighted by Crippen LogP contribution is 2.35. The van der Waals surface area contributed by atoms with Gasteiger partial charge in [-0.15, -0.1) is 0 Å². The standard InChI is InChI=1S/C13H17ClN2O2/c1-3-11(16)7-9-6-10(14)8-12(17-2)13(9)18-5-4-15/h6,8,11H,3,5,7,16H2,1-2H3. The van der Waals surface area contributed by atoms with Gasteiger partial charge in [-0.1, -0.05) is 18.5 Å². The van der Waals surface area contributed by atoms with Gasteiger partial charge in [0.05, 0.1) is 7.11 Å². The third kappa shape index (κ3) is 3.80. The van der Waals surface area contributed by atoms with E-state index in [-0.39, 0.29) is 12.6 Å². The molecule has 0 bridgehead atoms. The lowest BCUT2D eigenvalue weighted by Crippen LogP contribution is -2.22. The van der Waals surface area contributed by atoms with Crippen LogP contribution in [-0.2, 0) is 6.42 Å². The zero-order chi connectivity index (χ0) is 13.5. The lowest BCUT2D eigenvalue weighted by Gasteiger charge is -2.16. The van der Waals surface area contributed by atoms with Gasteiger partial charge in [-0.2, -0.15) is 5.26 Å². The van der Waals surface area contributed by atoms with Gasteiger partial charge in [0, 0.05) is 22.7 Å². The van der Waals surface area contributed by atoms with Crippen molar-refractivity contribution in [2.45, 2.75) is 25.8 Å². The fourth-order valence-electron chi connectivity index (χ4n) is 1.62. The highest BCUT2D eigenvalue weighted by molar-refractivity contribution is 6.30. The van der Waals surface area contributed by atoms with Crippen LogP contribution >= 0.6 is 11.6 Å². The molecule has 5 heteroatoms. The summed E-state index contributed by atoms with van der Waals surface area (Å²) in [5.74, 6) is 1.07. The quantitative estimate of drug-likeness (QED) is 0.861. The Morgan fingerprint density at radius 3 is 2.78 bits per heavy atom. The molecule has 2 N–H and O–H groups in total. The van der Waals surface area contributed by atoms with Crippen molar-refractivity contribution in [3.63, 3.8) is 0 Å². The molecule has 0 aromatic heterocycles. The summed E-state index contributed by atoms with van der Waals surface area (Å²) in [7, 11) is 1.54. The summed E-state index contributed by atoms with van der Waals surface area (Å²) in [6.45, 7) is 1.98. The van der Waals surface area contributed by atoms with Gasteiger partial charge in [0.25, 0.3) is 0 Å². The lowest BCUT2D eigenvalue weighted by atomic mass is 10.0. The van der Waals surface area contributed by atoms with Crippen LogP contribution in [0, 0.1) is 11.3 Å². The molecule has 0 aliphatic carbocycles. The molecular formula is C13H17ClN2O2.